The van der Waals surface area contributed by atoms with Crippen LogP contribution in [0.2, 0.25) is 0 Å². The topological polar surface area (TPSA) is 23.6 Å². The van der Waals surface area contributed by atoms with Gasteiger partial charge in [0, 0.05) is 19.2 Å². The molecule has 0 aliphatic carbocycles. The minimum absolute atomic E-state index is 0.0579. The third kappa shape index (κ3) is 3.51. The van der Waals surface area contributed by atoms with Crippen molar-refractivity contribution in [1.82, 2.24) is 9.80 Å². The van der Waals surface area contributed by atoms with Crippen LogP contribution >= 0.6 is 0 Å². The average Bonchev–Trinajstić information content (AvgIpc) is 2.83. The summed E-state index contributed by atoms with van der Waals surface area (Å²) in [7, 11) is 1.89. The van der Waals surface area contributed by atoms with Crippen molar-refractivity contribution in [3.8, 4) is 11.8 Å². The molecule has 22 heavy (non-hydrogen) atoms. The normalized spacial score (nSPS) is 25.9. The van der Waals surface area contributed by atoms with E-state index in [2.05, 4.69) is 16.7 Å². The van der Waals surface area contributed by atoms with Crippen LogP contribution in [0.15, 0.2) is 30.3 Å². The van der Waals surface area contributed by atoms with Crippen molar-refractivity contribution in [1.29, 1.82) is 0 Å². The first-order valence-corrected chi connectivity index (χ1v) is 8.29. The molecule has 1 amide bonds. The molecule has 2 heterocycles. The van der Waals surface area contributed by atoms with Gasteiger partial charge in [0.25, 0.3) is 0 Å². The molecule has 0 radical (unpaired) electrons. The van der Waals surface area contributed by atoms with E-state index in [4.69, 9.17) is 0 Å². The van der Waals surface area contributed by atoms with Crippen LogP contribution in [0.3, 0.4) is 0 Å². The van der Waals surface area contributed by atoms with Crippen molar-refractivity contribution in [2.45, 2.75) is 31.7 Å². The smallest absolute Gasteiger partial charge is 0.227 e. The molecule has 2 aliphatic rings. The Morgan fingerprint density at radius 2 is 1.86 bits per heavy atom. The van der Waals surface area contributed by atoms with Gasteiger partial charge in [-0.1, -0.05) is 36.5 Å². The average molecular weight is 296 g/mol. The highest BCUT2D eigenvalue weighted by molar-refractivity contribution is 5.82. The van der Waals surface area contributed by atoms with Gasteiger partial charge >= 0.3 is 0 Å². The predicted octanol–water partition coefficient (Wildman–Crippen LogP) is 2.37. The number of amides is 1. The number of carbonyl (C=O) groups excluding carboxylic acids is 1. The number of benzene rings is 1. The van der Waals surface area contributed by atoms with Crippen LogP contribution < -0.4 is 0 Å². The molecular weight excluding hydrogens is 272 g/mol. The number of rotatable bonds is 2. The molecule has 2 fully saturated rings. The fraction of sp³-hybridized carbons (Fsp3) is 0.526. The fourth-order valence-corrected chi connectivity index (χ4v) is 3.42. The first-order valence-electron chi connectivity index (χ1n) is 8.29. The molecule has 0 unspecified atom stereocenters. The Bertz CT molecular complexity index is 566. The highest BCUT2D eigenvalue weighted by Gasteiger charge is 2.37. The van der Waals surface area contributed by atoms with Crippen molar-refractivity contribution < 1.29 is 4.79 Å². The van der Waals surface area contributed by atoms with E-state index in [1.54, 1.807) is 0 Å². The number of piperidine rings is 1. The quantitative estimate of drug-likeness (QED) is 0.782. The van der Waals surface area contributed by atoms with Crippen LogP contribution in [0.25, 0.3) is 0 Å². The monoisotopic (exact) mass is 296 g/mol. The maximum atomic E-state index is 12.4. The maximum absolute atomic E-state index is 12.4. The summed E-state index contributed by atoms with van der Waals surface area (Å²) in [6.45, 7) is 3.20. The van der Waals surface area contributed by atoms with Crippen LogP contribution in [0.5, 0.6) is 0 Å². The summed E-state index contributed by atoms with van der Waals surface area (Å²) in [6, 6.07) is 10.1. The number of hydrogen-bond donors (Lipinski definition) is 0. The van der Waals surface area contributed by atoms with Crippen molar-refractivity contribution in [2.75, 3.05) is 26.7 Å². The molecule has 2 aliphatic heterocycles. The molecule has 0 aromatic heterocycles. The van der Waals surface area contributed by atoms with E-state index in [9.17, 15) is 4.79 Å². The van der Waals surface area contributed by atoms with Gasteiger partial charge in [-0.2, -0.15) is 0 Å². The van der Waals surface area contributed by atoms with Gasteiger partial charge in [0.2, 0.25) is 5.91 Å². The summed E-state index contributed by atoms with van der Waals surface area (Å²) in [4.78, 5) is 16.7. The Hall–Kier alpha value is -1.79. The Labute approximate surface area is 133 Å². The van der Waals surface area contributed by atoms with Crippen LogP contribution in [-0.4, -0.2) is 48.4 Å². The first-order chi connectivity index (χ1) is 10.7. The summed E-state index contributed by atoms with van der Waals surface area (Å²) in [5, 5.41) is 0. The number of likely N-dealkylation sites (tertiary alicyclic amines) is 2. The van der Waals surface area contributed by atoms with Gasteiger partial charge in [0.15, 0.2) is 0 Å². The van der Waals surface area contributed by atoms with E-state index in [1.807, 2.05) is 42.3 Å². The maximum Gasteiger partial charge on any atom is 0.227 e. The van der Waals surface area contributed by atoms with Crippen molar-refractivity contribution >= 4 is 5.91 Å². The van der Waals surface area contributed by atoms with Gasteiger partial charge in [0.1, 0.15) is 0 Å². The summed E-state index contributed by atoms with van der Waals surface area (Å²) >= 11 is 0. The van der Waals surface area contributed by atoms with E-state index in [-0.39, 0.29) is 17.9 Å². The summed E-state index contributed by atoms with van der Waals surface area (Å²) in [6.07, 6.45) is 4.74. The number of carbonyl (C=O) groups is 1. The van der Waals surface area contributed by atoms with E-state index in [0.717, 1.165) is 31.6 Å². The lowest BCUT2D eigenvalue weighted by molar-refractivity contribution is -0.130. The summed E-state index contributed by atoms with van der Waals surface area (Å²) in [5.74, 6) is 6.87. The molecule has 3 heteroatoms. The lowest BCUT2D eigenvalue weighted by Crippen LogP contribution is -2.37. The number of hydrogen-bond acceptors (Lipinski definition) is 2. The van der Waals surface area contributed by atoms with Crippen molar-refractivity contribution in [2.24, 2.45) is 5.92 Å². The molecule has 2 atom stereocenters. The molecule has 3 rings (SSSR count). The molecule has 2 saturated heterocycles. The van der Waals surface area contributed by atoms with Crippen LogP contribution in [0.4, 0.5) is 0 Å². The summed E-state index contributed by atoms with van der Waals surface area (Å²) in [5.41, 5.74) is 1.02. The van der Waals surface area contributed by atoms with Crippen molar-refractivity contribution in [3.05, 3.63) is 35.9 Å². The second-order valence-electron chi connectivity index (χ2n) is 6.39. The zero-order valence-corrected chi connectivity index (χ0v) is 13.3. The van der Waals surface area contributed by atoms with E-state index >= 15 is 0 Å². The van der Waals surface area contributed by atoms with E-state index in [0.29, 0.717) is 0 Å². The third-order valence-electron chi connectivity index (χ3n) is 4.76. The second kappa shape index (κ2) is 6.98. The third-order valence-corrected chi connectivity index (χ3v) is 4.76. The van der Waals surface area contributed by atoms with E-state index in [1.165, 1.54) is 19.3 Å². The van der Waals surface area contributed by atoms with Crippen LogP contribution in [-0.2, 0) is 4.79 Å². The molecule has 1 aromatic carbocycles. The van der Waals surface area contributed by atoms with Gasteiger partial charge < -0.3 is 9.80 Å². The van der Waals surface area contributed by atoms with Gasteiger partial charge in [-0.05, 0) is 44.5 Å². The molecule has 1 aromatic rings. The minimum atomic E-state index is 0.0579. The second-order valence-corrected chi connectivity index (χ2v) is 6.39. The van der Waals surface area contributed by atoms with E-state index < -0.39 is 0 Å². The van der Waals surface area contributed by atoms with Gasteiger partial charge in [-0.3, -0.25) is 4.79 Å². The Kier molecular flexibility index (Phi) is 4.80. The zero-order chi connectivity index (χ0) is 15.4. The molecule has 0 saturated carbocycles. The Morgan fingerprint density at radius 3 is 2.59 bits per heavy atom. The zero-order valence-electron chi connectivity index (χ0n) is 13.3. The standard InChI is InChI=1S/C19H24N2O/c1-20-18(11-10-16-8-4-2-5-9-16)14-17(19(20)22)15-21-12-6-3-7-13-21/h2,4-5,8-9,17-18H,3,6-7,12-15H2,1H3/t17-,18-/m0/s1. The van der Waals surface area contributed by atoms with Gasteiger partial charge in [-0.15, -0.1) is 0 Å². The largest absolute Gasteiger partial charge is 0.332 e. The molecule has 0 spiro atoms. The van der Waals surface area contributed by atoms with Gasteiger partial charge in [0.05, 0.1) is 12.0 Å². The lowest BCUT2D eigenvalue weighted by Gasteiger charge is -2.28. The van der Waals surface area contributed by atoms with Gasteiger partial charge in [-0.25, -0.2) is 0 Å². The Morgan fingerprint density at radius 1 is 1.14 bits per heavy atom. The fourth-order valence-electron chi connectivity index (χ4n) is 3.42. The highest BCUT2D eigenvalue weighted by atomic mass is 16.2. The number of nitrogens with zero attached hydrogens (tertiary/aromatic N) is 2. The van der Waals surface area contributed by atoms with Crippen LogP contribution in [0, 0.1) is 17.8 Å². The lowest BCUT2D eigenvalue weighted by atomic mass is 10.0. The van der Waals surface area contributed by atoms with Crippen LogP contribution in [0.1, 0.15) is 31.2 Å². The molecule has 116 valence electrons. The first kappa shape index (κ1) is 15.1. The Balaban J connectivity index is 1.62. The molecule has 0 N–H and O–H groups in total. The predicted molar refractivity (Wildman–Crippen MR) is 88.3 cm³/mol. The molecule has 0 bridgehead atoms. The highest BCUT2D eigenvalue weighted by Crippen LogP contribution is 2.25. The molecule has 3 nitrogen and oxygen atoms in total. The van der Waals surface area contributed by atoms with Crippen molar-refractivity contribution in [3.63, 3.8) is 0 Å². The minimum Gasteiger partial charge on any atom is -0.332 e. The summed E-state index contributed by atoms with van der Waals surface area (Å²) < 4.78 is 0. The molecular formula is C19H24N2O. The SMILES string of the molecule is CN1C(=O)[C@H](CN2CCCCC2)C[C@@H]1C#Cc1ccccc1.